The summed E-state index contributed by atoms with van der Waals surface area (Å²) in [5.41, 5.74) is 0.121. The summed E-state index contributed by atoms with van der Waals surface area (Å²) in [4.78, 5) is 0. The molecule has 0 aromatic heterocycles. The number of aliphatic hydroxyl groups is 1. The Morgan fingerprint density at radius 1 is 1.18 bits per heavy atom. The molecule has 0 saturated carbocycles. The molecule has 0 heterocycles. The minimum absolute atomic E-state index is 0.121. The number of aliphatic hydroxyl groups excluding tert-OH is 1. The topological polar surface area (TPSA) is 32.3 Å². The minimum atomic E-state index is 0.121. The van der Waals surface area contributed by atoms with Crippen LogP contribution in [0.3, 0.4) is 0 Å². The van der Waals surface area contributed by atoms with Gasteiger partial charge in [-0.2, -0.15) is 0 Å². The first-order valence-corrected chi connectivity index (χ1v) is 4.56. The smallest absolute Gasteiger partial charge is 0.0499 e. The highest BCUT2D eigenvalue weighted by atomic mass is 16.3. The fourth-order valence-corrected chi connectivity index (χ4v) is 1.17. The highest BCUT2D eigenvalue weighted by Gasteiger charge is 2.23. The summed E-state index contributed by atoms with van der Waals surface area (Å²) in [7, 11) is 0. The fraction of sp³-hybridized carbons (Fsp3) is 1.00. The number of hydrogen-bond acceptors (Lipinski definition) is 2. The van der Waals surface area contributed by atoms with Gasteiger partial charge in [0.05, 0.1) is 0 Å². The first-order valence-electron chi connectivity index (χ1n) is 4.56. The maximum absolute atomic E-state index is 9.16. The molecule has 0 unspecified atom stereocenters. The van der Waals surface area contributed by atoms with E-state index in [4.69, 9.17) is 5.11 Å². The quantitative estimate of drug-likeness (QED) is 0.614. The molecule has 2 N–H and O–H groups in total. The summed E-state index contributed by atoms with van der Waals surface area (Å²) >= 11 is 0. The van der Waals surface area contributed by atoms with E-state index in [1.807, 2.05) is 0 Å². The highest BCUT2D eigenvalue weighted by molar-refractivity contribution is 4.77. The molecular formula is C9H21NO. The van der Waals surface area contributed by atoms with Crippen LogP contribution in [0.4, 0.5) is 0 Å². The van der Waals surface area contributed by atoms with Gasteiger partial charge in [0.2, 0.25) is 0 Å². The van der Waals surface area contributed by atoms with Gasteiger partial charge < -0.3 is 10.4 Å². The van der Waals surface area contributed by atoms with E-state index in [2.05, 4.69) is 26.1 Å². The van der Waals surface area contributed by atoms with Gasteiger partial charge in [-0.15, -0.1) is 0 Å². The van der Waals surface area contributed by atoms with Crippen molar-refractivity contribution in [3.8, 4) is 0 Å². The Labute approximate surface area is 70.0 Å². The van der Waals surface area contributed by atoms with Gasteiger partial charge in [0.1, 0.15) is 0 Å². The average molecular weight is 159 g/mol. The molecule has 0 atom stereocenters. The molecule has 0 aliphatic rings. The van der Waals surface area contributed by atoms with E-state index in [0.717, 1.165) is 25.9 Å². The van der Waals surface area contributed by atoms with Gasteiger partial charge in [0.25, 0.3) is 0 Å². The predicted molar refractivity (Wildman–Crippen MR) is 48.6 cm³/mol. The molecule has 0 aliphatic carbocycles. The van der Waals surface area contributed by atoms with E-state index in [1.54, 1.807) is 0 Å². The standard InChI is InChI=1S/C9H21NO/c1-4-9(5-2,8-11)7-10-6-3/h10-11H,4-8H2,1-3H3. The lowest BCUT2D eigenvalue weighted by atomic mass is 9.83. The normalized spacial score (nSPS) is 12.0. The van der Waals surface area contributed by atoms with Crippen LogP contribution in [0.15, 0.2) is 0 Å². The molecule has 0 aromatic rings. The summed E-state index contributed by atoms with van der Waals surface area (Å²) in [6, 6.07) is 0. The van der Waals surface area contributed by atoms with Gasteiger partial charge in [-0.25, -0.2) is 0 Å². The SMILES string of the molecule is CCNCC(CC)(CC)CO. The molecule has 0 amide bonds. The maximum atomic E-state index is 9.16. The molecule has 0 aromatic carbocycles. The van der Waals surface area contributed by atoms with Crippen LogP contribution in [0.2, 0.25) is 0 Å². The first-order chi connectivity index (χ1) is 5.24. The second-order valence-corrected chi connectivity index (χ2v) is 3.15. The van der Waals surface area contributed by atoms with Gasteiger partial charge in [-0.1, -0.05) is 20.8 Å². The monoisotopic (exact) mass is 159 g/mol. The van der Waals surface area contributed by atoms with Crippen molar-refractivity contribution in [1.82, 2.24) is 5.32 Å². The van der Waals surface area contributed by atoms with E-state index in [1.165, 1.54) is 0 Å². The molecule has 0 aliphatic heterocycles. The van der Waals surface area contributed by atoms with Crippen molar-refractivity contribution in [1.29, 1.82) is 0 Å². The zero-order valence-corrected chi connectivity index (χ0v) is 7.98. The third-order valence-electron chi connectivity index (χ3n) is 2.59. The van der Waals surface area contributed by atoms with Crippen molar-refractivity contribution in [3.63, 3.8) is 0 Å². The van der Waals surface area contributed by atoms with Crippen LogP contribution >= 0.6 is 0 Å². The van der Waals surface area contributed by atoms with E-state index < -0.39 is 0 Å². The third-order valence-corrected chi connectivity index (χ3v) is 2.59. The highest BCUT2D eigenvalue weighted by Crippen LogP contribution is 2.23. The molecule has 0 bridgehead atoms. The fourth-order valence-electron chi connectivity index (χ4n) is 1.17. The Bertz CT molecular complexity index is 81.3. The zero-order valence-electron chi connectivity index (χ0n) is 7.98. The van der Waals surface area contributed by atoms with Crippen molar-refractivity contribution in [3.05, 3.63) is 0 Å². The minimum Gasteiger partial charge on any atom is -0.396 e. The van der Waals surface area contributed by atoms with Crippen molar-refractivity contribution in [2.75, 3.05) is 19.7 Å². The summed E-state index contributed by atoms with van der Waals surface area (Å²) in [5, 5.41) is 12.4. The lowest BCUT2D eigenvalue weighted by Crippen LogP contribution is -2.36. The summed E-state index contributed by atoms with van der Waals surface area (Å²) < 4.78 is 0. The summed E-state index contributed by atoms with van der Waals surface area (Å²) in [6.45, 7) is 8.59. The molecule has 0 saturated heterocycles. The van der Waals surface area contributed by atoms with Gasteiger partial charge in [-0.3, -0.25) is 0 Å². The van der Waals surface area contributed by atoms with Crippen LogP contribution in [0, 0.1) is 5.41 Å². The Kier molecular flexibility index (Phi) is 5.51. The Hall–Kier alpha value is -0.0800. The van der Waals surface area contributed by atoms with Gasteiger partial charge >= 0.3 is 0 Å². The van der Waals surface area contributed by atoms with Crippen molar-refractivity contribution in [2.45, 2.75) is 33.6 Å². The number of hydrogen-bond donors (Lipinski definition) is 2. The molecule has 0 spiro atoms. The van der Waals surface area contributed by atoms with E-state index in [9.17, 15) is 0 Å². The number of nitrogens with one attached hydrogen (secondary N) is 1. The Morgan fingerprint density at radius 3 is 2.00 bits per heavy atom. The molecule has 11 heavy (non-hydrogen) atoms. The Morgan fingerprint density at radius 2 is 1.73 bits per heavy atom. The van der Waals surface area contributed by atoms with Crippen LogP contribution < -0.4 is 5.32 Å². The number of rotatable bonds is 6. The molecule has 68 valence electrons. The largest absolute Gasteiger partial charge is 0.396 e. The average Bonchev–Trinajstić information content (AvgIpc) is 2.08. The van der Waals surface area contributed by atoms with Crippen molar-refractivity contribution in [2.24, 2.45) is 5.41 Å². The van der Waals surface area contributed by atoms with Crippen LogP contribution in [0.1, 0.15) is 33.6 Å². The van der Waals surface area contributed by atoms with Gasteiger partial charge in [-0.05, 0) is 19.4 Å². The Balaban J connectivity index is 3.84. The second-order valence-electron chi connectivity index (χ2n) is 3.15. The van der Waals surface area contributed by atoms with Crippen LogP contribution in [-0.2, 0) is 0 Å². The molecule has 0 radical (unpaired) electrons. The molecule has 2 nitrogen and oxygen atoms in total. The lowest BCUT2D eigenvalue weighted by Gasteiger charge is -2.29. The van der Waals surface area contributed by atoms with Crippen LogP contribution in [0.25, 0.3) is 0 Å². The maximum Gasteiger partial charge on any atom is 0.0499 e. The van der Waals surface area contributed by atoms with Gasteiger partial charge in [0.15, 0.2) is 0 Å². The van der Waals surface area contributed by atoms with Crippen molar-refractivity contribution < 1.29 is 5.11 Å². The van der Waals surface area contributed by atoms with Gasteiger partial charge in [0, 0.05) is 18.6 Å². The van der Waals surface area contributed by atoms with Crippen LogP contribution in [0.5, 0.6) is 0 Å². The molecule has 2 heteroatoms. The van der Waals surface area contributed by atoms with E-state index >= 15 is 0 Å². The summed E-state index contributed by atoms with van der Waals surface area (Å²) in [5.74, 6) is 0. The van der Waals surface area contributed by atoms with E-state index in [-0.39, 0.29) is 5.41 Å². The molecular weight excluding hydrogens is 138 g/mol. The van der Waals surface area contributed by atoms with Crippen molar-refractivity contribution >= 4 is 0 Å². The first kappa shape index (κ1) is 10.9. The molecule has 0 rings (SSSR count). The third kappa shape index (κ3) is 3.21. The molecule has 0 fully saturated rings. The van der Waals surface area contributed by atoms with Crippen LogP contribution in [-0.4, -0.2) is 24.8 Å². The second kappa shape index (κ2) is 5.56. The van der Waals surface area contributed by atoms with E-state index in [0.29, 0.717) is 6.61 Å². The lowest BCUT2D eigenvalue weighted by molar-refractivity contribution is 0.114. The summed E-state index contributed by atoms with van der Waals surface area (Å²) in [6.07, 6.45) is 2.10. The predicted octanol–water partition coefficient (Wildman–Crippen LogP) is 1.39. The zero-order chi connectivity index (χ0) is 8.74.